The number of ether oxygens (including phenoxy) is 1. The van der Waals surface area contributed by atoms with E-state index in [2.05, 4.69) is 0 Å². The van der Waals surface area contributed by atoms with Gasteiger partial charge in [-0.25, -0.2) is 0 Å². The molecule has 5 nitrogen and oxygen atoms in total. The summed E-state index contributed by atoms with van der Waals surface area (Å²) in [7, 11) is 0. The molecule has 0 radical (unpaired) electrons. The summed E-state index contributed by atoms with van der Waals surface area (Å²) in [5.41, 5.74) is 0.808. The Morgan fingerprint density at radius 3 is 2.72 bits per heavy atom. The van der Waals surface area contributed by atoms with Crippen molar-refractivity contribution in [2.24, 2.45) is 5.92 Å². The zero-order chi connectivity index (χ0) is 20.4. The van der Waals surface area contributed by atoms with Gasteiger partial charge in [0.2, 0.25) is 0 Å². The van der Waals surface area contributed by atoms with Crippen LogP contribution in [-0.2, 0) is 0 Å². The van der Waals surface area contributed by atoms with Crippen LogP contribution in [0.5, 0.6) is 11.5 Å². The van der Waals surface area contributed by atoms with Gasteiger partial charge in [0.25, 0.3) is 5.91 Å². The second-order valence-electron chi connectivity index (χ2n) is 8.18. The number of benzene rings is 2. The van der Waals surface area contributed by atoms with Crippen LogP contribution in [0.15, 0.2) is 48.5 Å². The van der Waals surface area contributed by atoms with Gasteiger partial charge in [-0.05, 0) is 56.0 Å². The molecule has 2 aromatic carbocycles. The Kier molecular flexibility index (Phi) is 5.50. The maximum Gasteiger partial charge on any atom is 0.254 e. The van der Waals surface area contributed by atoms with Gasteiger partial charge in [0.15, 0.2) is 11.5 Å². The van der Waals surface area contributed by atoms with Crippen molar-refractivity contribution in [2.45, 2.75) is 50.7 Å². The van der Waals surface area contributed by atoms with Crippen molar-refractivity contribution in [1.82, 2.24) is 4.90 Å². The number of phenolic OH excluding ortho intramolecular Hbond substituents is 1. The molecule has 1 heterocycles. The summed E-state index contributed by atoms with van der Waals surface area (Å²) in [4.78, 5) is 15.3. The van der Waals surface area contributed by atoms with Crippen LogP contribution < -0.4 is 4.74 Å². The molecule has 1 saturated carbocycles. The Hall–Kier alpha value is -2.53. The van der Waals surface area contributed by atoms with Gasteiger partial charge in [-0.15, -0.1) is 0 Å². The van der Waals surface area contributed by atoms with Gasteiger partial charge in [-0.1, -0.05) is 37.1 Å². The van der Waals surface area contributed by atoms with Gasteiger partial charge < -0.3 is 19.8 Å². The monoisotopic (exact) mass is 395 g/mol. The van der Waals surface area contributed by atoms with E-state index in [9.17, 15) is 15.0 Å². The molecule has 2 N–H and O–H groups in total. The van der Waals surface area contributed by atoms with E-state index < -0.39 is 5.60 Å². The van der Waals surface area contributed by atoms with Crippen molar-refractivity contribution in [3.63, 3.8) is 0 Å². The van der Waals surface area contributed by atoms with E-state index in [0.29, 0.717) is 30.9 Å². The molecule has 0 unspecified atom stereocenters. The summed E-state index contributed by atoms with van der Waals surface area (Å²) in [6, 6.07) is 14.4. The van der Waals surface area contributed by atoms with E-state index in [-0.39, 0.29) is 23.6 Å². The highest BCUT2D eigenvalue weighted by molar-refractivity contribution is 5.94. The number of likely N-dealkylation sites (tertiary alicyclic amines) is 1. The summed E-state index contributed by atoms with van der Waals surface area (Å²) >= 11 is 0. The third-order valence-corrected chi connectivity index (χ3v) is 6.47. The third-order valence-electron chi connectivity index (χ3n) is 6.47. The summed E-state index contributed by atoms with van der Waals surface area (Å²) < 4.78 is 5.59. The number of nitrogens with zero attached hydrogens (tertiary/aromatic N) is 1. The summed E-state index contributed by atoms with van der Waals surface area (Å²) in [6.07, 6.45) is 4.32. The first-order valence-electron chi connectivity index (χ1n) is 10.6. The van der Waals surface area contributed by atoms with E-state index in [1.165, 1.54) is 0 Å². The van der Waals surface area contributed by atoms with Crippen LogP contribution in [0.1, 0.15) is 61.0 Å². The van der Waals surface area contributed by atoms with Gasteiger partial charge in [-0.2, -0.15) is 0 Å². The van der Waals surface area contributed by atoms with Gasteiger partial charge >= 0.3 is 0 Å². The largest absolute Gasteiger partial charge is 0.504 e. The van der Waals surface area contributed by atoms with E-state index in [4.69, 9.17) is 4.74 Å². The van der Waals surface area contributed by atoms with Gasteiger partial charge in [0.1, 0.15) is 0 Å². The molecule has 1 aliphatic carbocycles. The number of carbonyl (C=O) groups is 1. The molecule has 1 saturated heterocycles. The number of aromatic hydroxyl groups is 1. The molecule has 0 aromatic heterocycles. The summed E-state index contributed by atoms with van der Waals surface area (Å²) in [6.45, 7) is 2.83. The standard InChI is InChI=1S/C24H29NO4/c1-2-29-21-16-18(11-12-20(21)26)22-19-10-6-7-13-24(19,28)14-15-25(22)23(27)17-8-4-3-5-9-17/h3-5,8-9,11-12,16,19,22,26,28H,2,6-7,10,13-15H2,1H3/t19-,22-,24-/m0/s1. The third kappa shape index (κ3) is 3.71. The zero-order valence-corrected chi connectivity index (χ0v) is 16.9. The minimum Gasteiger partial charge on any atom is -0.504 e. The lowest BCUT2D eigenvalue weighted by atomic mass is 9.66. The van der Waals surface area contributed by atoms with Crippen LogP contribution in [0, 0.1) is 5.92 Å². The number of phenols is 1. The van der Waals surface area contributed by atoms with Crippen LogP contribution in [0.4, 0.5) is 0 Å². The number of amides is 1. The molecule has 0 bridgehead atoms. The maximum absolute atomic E-state index is 13.4. The number of fused-ring (bicyclic) bond motifs is 1. The maximum atomic E-state index is 13.4. The Morgan fingerprint density at radius 1 is 1.17 bits per heavy atom. The highest BCUT2D eigenvalue weighted by Gasteiger charge is 2.50. The number of carbonyl (C=O) groups excluding carboxylic acids is 1. The number of rotatable bonds is 4. The average molecular weight is 395 g/mol. The molecule has 29 heavy (non-hydrogen) atoms. The molecule has 3 atom stereocenters. The van der Waals surface area contributed by atoms with Crippen molar-refractivity contribution in [1.29, 1.82) is 0 Å². The predicted molar refractivity (Wildman–Crippen MR) is 111 cm³/mol. The molecule has 154 valence electrons. The first-order chi connectivity index (χ1) is 14.0. The van der Waals surface area contributed by atoms with Crippen molar-refractivity contribution in [2.75, 3.05) is 13.2 Å². The molecule has 2 aromatic rings. The minimum absolute atomic E-state index is 0.0192. The lowest BCUT2D eigenvalue weighted by Crippen LogP contribution is -2.56. The lowest BCUT2D eigenvalue weighted by molar-refractivity contribution is -0.115. The van der Waals surface area contributed by atoms with E-state index >= 15 is 0 Å². The van der Waals surface area contributed by atoms with Gasteiger partial charge in [-0.3, -0.25) is 4.79 Å². The highest BCUT2D eigenvalue weighted by Crippen LogP contribution is 2.50. The first-order valence-corrected chi connectivity index (χ1v) is 10.6. The molecule has 1 aliphatic heterocycles. The molecular weight excluding hydrogens is 366 g/mol. The van der Waals surface area contributed by atoms with E-state index in [0.717, 1.165) is 31.2 Å². The van der Waals surface area contributed by atoms with Gasteiger partial charge in [0.05, 0.1) is 18.2 Å². The number of hydrogen-bond donors (Lipinski definition) is 2. The lowest BCUT2D eigenvalue weighted by Gasteiger charge is -2.52. The van der Waals surface area contributed by atoms with Crippen molar-refractivity contribution >= 4 is 5.91 Å². The van der Waals surface area contributed by atoms with Crippen molar-refractivity contribution < 1.29 is 19.7 Å². The molecule has 2 aliphatic rings. The fourth-order valence-corrected chi connectivity index (χ4v) is 5.05. The fourth-order valence-electron chi connectivity index (χ4n) is 5.05. The van der Waals surface area contributed by atoms with E-state index in [1.807, 2.05) is 54.3 Å². The van der Waals surface area contributed by atoms with Crippen LogP contribution in [0.2, 0.25) is 0 Å². The second kappa shape index (κ2) is 8.07. The topological polar surface area (TPSA) is 70.0 Å². The molecule has 0 spiro atoms. The minimum atomic E-state index is -0.750. The quantitative estimate of drug-likeness (QED) is 0.810. The molecule has 5 heteroatoms. The van der Waals surface area contributed by atoms with E-state index in [1.54, 1.807) is 6.07 Å². The Morgan fingerprint density at radius 2 is 1.97 bits per heavy atom. The molecule has 1 amide bonds. The van der Waals surface area contributed by atoms with Crippen LogP contribution in [-0.4, -0.2) is 39.8 Å². The van der Waals surface area contributed by atoms with Crippen molar-refractivity contribution in [3.05, 3.63) is 59.7 Å². The highest BCUT2D eigenvalue weighted by atomic mass is 16.5. The number of piperidine rings is 1. The normalized spacial score (nSPS) is 26.6. The summed E-state index contributed by atoms with van der Waals surface area (Å²) in [5.74, 6) is 0.458. The fraction of sp³-hybridized carbons (Fsp3) is 0.458. The molecule has 2 fully saturated rings. The van der Waals surface area contributed by atoms with Crippen molar-refractivity contribution in [3.8, 4) is 11.5 Å². The number of hydrogen-bond acceptors (Lipinski definition) is 4. The van der Waals surface area contributed by atoms with Crippen LogP contribution in [0.3, 0.4) is 0 Å². The zero-order valence-electron chi connectivity index (χ0n) is 16.9. The predicted octanol–water partition coefficient (Wildman–Crippen LogP) is 4.30. The van der Waals surface area contributed by atoms with Gasteiger partial charge in [0, 0.05) is 18.0 Å². The Bertz CT molecular complexity index is 868. The molecular formula is C24H29NO4. The van der Waals surface area contributed by atoms with Crippen LogP contribution >= 0.6 is 0 Å². The summed E-state index contributed by atoms with van der Waals surface area (Å²) in [5, 5.41) is 21.5. The molecule has 4 rings (SSSR count). The Labute approximate surface area is 171 Å². The first kappa shape index (κ1) is 19.8. The SMILES string of the molecule is CCOc1cc([C@H]2[C@@H]3CCCC[C@]3(O)CCN2C(=O)c2ccccc2)ccc1O. The Balaban J connectivity index is 1.77. The smallest absolute Gasteiger partial charge is 0.254 e. The second-order valence-corrected chi connectivity index (χ2v) is 8.18. The average Bonchev–Trinajstić information content (AvgIpc) is 2.74. The van der Waals surface area contributed by atoms with Crippen LogP contribution in [0.25, 0.3) is 0 Å². The number of aliphatic hydroxyl groups is 1.